The first-order chi connectivity index (χ1) is 9.24. The summed E-state index contributed by atoms with van der Waals surface area (Å²) in [6.45, 7) is 5.38. The van der Waals surface area contributed by atoms with Gasteiger partial charge in [-0.25, -0.2) is 0 Å². The number of rotatable bonds is 14. The summed E-state index contributed by atoms with van der Waals surface area (Å²) in [4.78, 5) is 0. The maximum atomic E-state index is 9.25. The van der Waals surface area contributed by atoms with Gasteiger partial charge < -0.3 is 30.2 Å². The van der Waals surface area contributed by atoms with Crippen LogP contribution in [0.5, 0.6) is 0 Å². The minimum absolute atomic E-state index is 0.119. The maximum Gasteiger partial charge on any atom is 0.102 e. The van der Waals surface area contributed by atoms with Crippen molar-refractivity contribution in [3.63, 3.8) is 0 Å². The summed E-state index contributed by atoms with van der Waals surface area (Å²) in [6, 6.07) is 0. The normalized spacial score (nSPS) is 12.0. The van der Waals surface area contributed by atoms with Crippen LogP contribution >= 0.6 is 0 Å². The van der Waals surface area contributed by atoms with Gasteiger partial charge in [0.05, 0.1) is 26.2 Å². The Kier molecular flexibility index (Phi) is 12.6. The largest absolute Gasteiger partial charge is 0.396 e. The molecule has 19 heavy (non-hydrogen) atoms. The Bertz CT molecular complexity index is 185. The van der Waals surface area contributed by atoms with E-state index in [-0.39, 0.29) is 26.4 Å². The molecular weight excluding hydrogens is 248 g/mol. The van der Waals surface area contributed by atoms with Gasteiger partial charge in [0.15, 0.2) is 0 Å². The van der Waals surface area contributed by atoms with Crippen molar-refractivity contribution < 1.29 is 24.9 Å². The van der Waals surface area contributed by atoms with Crippen molar-refractivity contribution >= 4 is 0 Å². The van der Waals surface area contributed by atoms with Gasteiger partial charge in [-0.1, -0.05) is 0 Å². The number of aliphatic hydroxyl groups is 4. The van der Waals surface area contributed by atoms with Crippen LogP contribution in [0.3, 0.4) is 0 Å². The predicted molar refractivity (Wildman–Crippen MR) is 74.8 cm³/mol. The second-order valence-corrected chi connectivity index (χ2v) is 4.94. The highest BCUT2D eigenvalue weighted by Crippen LogP contribution is 2.09. The molecule has 0 aliphatic rings. The molecule has 0 saturated carbocycles. The first-order valence-electron chi connectivity index (χ1n) is 7.24. The van der Waals surface area contributed by atoms with Crippen molar-refractivity contribution in [3.05, 3.63) is 0 Å². The standard InChI is InChI=1S/C13H31N2O4/c16-10-1-4-14-5-8-15(9-13-19,6-2-11-17)7-3-12-18/h14,16-19H,1-13H2/q+1. The number of nitrogens with zero attached hydrogens (tertiary/aromatic N) is 1. The molecule has 6 nitrogen and oxygen atoms in total. The van der Waals surface area contributed by atoms with Crippen LogP contribution in [-0.2, 0) is 0 Å². The topological polar surface area (TPSA) is 93.0 Å². The minimum atomic E-state index is 0.119. The van der Waals surface area contributed by atoms with E-state index >= 15 is 0 Å². The van der Waals surface area contributed by atoms with Crippen LogP contribution in [0.15, 0.2) is 0 Å². The average molecular weight is 279 g/mol. The molecule has 0 aromatic heterocycles. The molecule has 0 amide bonds. The van der Waals surface area contributed by atoms with E-state index in [4.69, 9.17) is 15.3 Å². The lowest BCUT2D eigenvalue weighted by molar-refractivity contribution is -0.927. The summed E-state index contributed by atoms with van der Waals surface area (Å²) < 4.78 is 0.726. The summed E-state index contributed by atoms with van der Waals surface area (Å²) in [7, 11) is 0. The third-order valence-corrected chi connectivity index (χ3v) is 3.43. The molecular formula is C13H31N2O4+. The molecule has 0 bridgehead atoms. The first-order valence-corrected chi connectivity index (χ1v) is 7.24. The third kappa shape index (κ3) is 9.32. The van der Waals surface area contributed by atoms with Crippen LogP contribution in [0.2, 0.25) is 0 Å². The third-order valence-electron chi connectivity index (χ3n) is 3.43. The van der Waals surface area contributed by atoms with Crippen LogP contribution in [0.25, 0.3) is 0 Å². The van der Waals surface area contributed by atoms with Gasteiger partial charge in [0.1, 0.15) is 6.54 Å². The molecule has 0 rings (SSSR count). The Morgan fingerprint density at radius 2 is 1.16 bits per heavy atom. The van der Waals surface area contributed by atoms with E-state index < -0.39 is 0 Å². The summed E-state index contributed by atoms with van der Waals surface area (Å²) in [5, 5.41) is 39.2. The zero-order valence-electron chi connectivity index (χ0n) is 11.9. The smallest absolute Gasteiger partial charge is 0.102 e. The molecule has 0 aliphatic carbocycles. The van der Waals surface area contributed by atoms with Crippen LogP contribution in [0.4, 0.5) is 0 Å². The number of quaternary nitrogens is 1. The Morgan fingerprint density at radius 3 is 1.63 bits per heavy atom. The fourth-order valence-electron chi connectivity index (χ4n) is 2.34. The lowest BCUT2D eigenvalue weighted by Gasteiger charge is -2.38. The average Bonchev–Trinajstić information content (AvgIpc) is 2.43. The summed E-state index contributed by atoms with van der Waals surface area (Å²) in [5.74, 6) is 0. The second kappa shape index (κ2) is 12.8. The Labute approximate surface area is 116 Å². The van der Waals surface area contributed by atoms with Gasteiger partial charge in [0.2, 0.25) is 0 Å². The van der Waals surface area contributed by atoms with E-state index in [9.17, 15) is 5.11 Å². The van der Waals surface area contributed by atoms with Gasteiger partial charge in [-0.15, -0.1) is 0 Å². The van der Waals surface area contributed by atoms with E-state index in [1.54, 1.807) is 0 Å². The number of hydrogen-bond donors (Lipinski definition) is 5. The van der Waals surface area contributed by atoms with E-state index in [1.807, 2.05) is 0 Å². The zero-order chi connectivity index (χ0) is 14.4. The molecule has 0 heterocycles. The van der Waals surface area contributed by atoms with Gasteiger partial charge in [-0.05, 0) is 13.0 Å². The van der Waals surface area contributed by atoms with Crippen molar-refractivity contribution in [2.45, 2.75) is 19.3 Å². The molecule has 0 unspecified atom stereocenters. The molecule has 5 N–H and O–H groups in total. The van der Waals surface area contributed by atoms with Crippen LogP contribution < -0.4 is 5.32 Å². The minimum Gasteiger partial charge on any atom is -0.396 e. The lowest BCUT2D eigenvalue weighted by atomic mass is 10.2. The van der Waals surface area contributed by atoms with Crippen molar-refractivity contribution in [2.24, 2.45) is 0 Å². The summed E-state index contributed by atoms with van der Waals surface area (Å²) in [6.07, 6.45) is 2.16. The number of nitrogens with one attached hydrogen (secondary N) is 1. The highest BCUT2D eigenvalue weighted by molar-refractivity contribution is 4.52. The molecule has 6 heteroatoms. The maximum absolute atomic E-state index is 9.25. The molecule has 116 valence electrons. The van der Waals surface area contributed by atoms with Crippen LogP contribution in [0.1, 0.15) is 19.3 Å². The van der Waals surface area contributed by atoms with Crippen LogP contribution in [0, 0.1) is 0 Å². The highest BCUT2D eigenvalue weighted by atomic mass is 16.3. The van der Waals surface area contributed by atoms with Crippen molar-refractivity contribution in [1.29, 1.82) is 0 Å². The van der Waals surface area contributed by atoms with Gasteiger partial charge in [-0.3, -0.25) is 0 Å². The van der Waals surface area contributed by atoms with E-state index in [0.29, 0.717) is 19.4 Å². The van der Waals surface area contributed by atoms with Gasteiger partial charge >= 0.3 is 0 Å². The second-order valence-electron chi connectivity index (χ2n) is 4.94. The molecule has 0 atom stereocenters. The monoisotopic (exact) mass is 279 g/mol. The van der Waals surface area contributed by atoms with Gasteiger partial charge in [-0.2, -0.15) is 0 Å². The van der Waals surface area contributed by atoms with Gasteiger partial charge in [0.25, 0.3) is 0 Å². The quantitative estimate of drug-likeness (QED) is 0.198. The molecule has 0 aromatic carbocycles. The van der Waals surface area contributed by atoms with E-state index in [1.165, 1.54) is 0 Å². The van der Waals surface area contributed by atoms with Crippen LogP contribution in [-0.4, -0.2) is 90.6 Å². The number of hydrogen-bond acceptors (Lipinski definition) is 5. The fraction of sp³-hybridized carbons (Fsp3) is 1.00. The van der Waals surface area contributed by atoms with Gasteiger partial charge in [0, 0.05) is 39.2 Å². The zero-order valence-corrected chi connectivity index (χ0v) is 11.9. The predicted octanol–water partition coefficient (Wildman–Crippen LogP) is -1.47. The van der Waals surface area contributed by atoms with Crippen molar-refractivity contribution in [1.82, 2.24) is 5.32 Å². The highest BCUT2D eigenvalue weighted by Gasteiger charge is 2.25. The molecule has 0 aliphatic heterocycles. The molecule has 0 radical (unpaired) electrons. The SMILES string of the molecule is OCCCNCC[N+](CCO)(CCCO)CCCO. The Hall–Kier alpha value is -0.240. The van der Waals surface area contributed by atoms with E-state index in [2.05, 4.69) is 5.32 Å². The summed E-state index contributed by atoms with van der Waals surface area (Å²) in [5.41, 5.74) is 0. The Balaban J connectivity index is 4.23. The first kappa shape index (κ1) is 18.8. The van der Waals surface area contributed by atoms with Crippen molar-refractivity contribution in [2.75, 3.05) is 65.7 Å². The fourth-order valence-corrected chi connectivity index (χ4v) is 2.34. The summed E-state index contributed by atoms with van der Waals surface area (Å²) >= 11 is 0. The molecule has 0 fully saturated rings. The Morgan fingerprint density at radius 1 is 0.579 bits per heavy atom. The molecule has 0 spiro atoms. The molecule has 0 saturated heterocycles. The lowest BCUT2D eigenvalue weighted by Crippen LogP contribution is -2.54. The number of aliphatic hydroxyl groups excluding tert-OH is 4. The van der Waals surface area contributed by atoms with Crippen molar-refractivity contribution in [3.8, 4) is 0 Å². The molecule has 0 aromatic rings. The van der Waals surface area contributed by atoms with E-state index in [0.717, 1.165) is 43.6 Å².